The number of carbonyl (C=O) groups excluding carboxylic acids is 2. The predicted octanol–water partition coefficient (Wildman–Crippen LogP) is 7.70. The number of amides is 2. The molecule has 1 atom stereocenters. The highest BCUT2D eigenvalue weighted by Crippen LogP contribution is 2.41. The van der Waals surface area contributed by atoms with Crippen LogP contribution in [0.2, 0.25) is 20.1 Å². The Bertz CT molecular complexity index is 1110. The number of alkyl halides is 6. The lowest BCUT2D eigenvalue weighted by molar-refractivity contribution is -0.139. The summed E-state index contributed by atoms with van der Waals surface area (Å²) in [6.07, 6.45) is -7.35. The number of Topliss-reactive ketones (excluding diaryl/α,β-unsaturated/α-hetero) is 1. The lowest BCUT2D eigenvalue weighted by atomic mass is 9.96. The van der Waals surface area contributed by atoms with Crippen molar-refractivity contribution in [3.8, 4) is 0 Å². The van der Waals surface area contributed by atoms with E-state index in [1.54, 1.807) is 0 Å². The minimum Gasteiger partial charge on any atom is -0.331 e. The zero-order valence-corrected chi connectivity index (χ0v) is 20.2. The molecule has 0 aliphatic heterocycles. The van der Waals surface area contributed by atoms with Crippen molar-refractivity contribution in [2.24, 2.45) is 0 Å². The number of hydrogen-bond donors (Lipinski definition) is 2. The molecule has 0 aromatic heterocycles. The van der Waals surface area contributed by atoms with E-state index >= 15 is 0 Å². The van der Waals surface area contributed by atoms with Crippen molar-refractivity contribution in [2.75, 3.05) is 13.1 Å². The first-order valence-corrected chi connectivity index (χ1v) is 10.9. The van der Waals surface area contributed by atoms with Gasteiger partial charge in [0.05, 0.1) is 32.6 Å². The average molecular weight is 582 g/mol. The maximum atomic E-state index is 13.6. The minimum absolute atomic E-state index is 0.0821. The molecule has 0 bridgehead atoms. The Balaban J connectivity index is 2.15. The van der Waals surface area contributed by atoms with E-state index in [-0.39, 0.29) is 36.8 Å². The number of hydrogen-bond acceptors (Lipinski definition) is 2. The molecule has 14 heteroatoms. The van der Waals surface area contributed by atoms with Gasteiger partial charge in [-0.1, -0.05) is 64.6 Å². The summed E-state index contributed by atoms with van der Waals surface area (Å²) in [6.45, 7) is -2.24. The molecule has 0 aliphatic rings. The van der Waals surface area contributed by atoms with Crippen molar-refractivity contribution in [1.29, 1.82) is 0 Å². The summed E-state index contributed by atoms with van der Waals surface area (Å²) >= 11 is 23.5. The van der Waals surface area contributed by atoms with Crippen LogP contribution in [0.3, 0.4) is 0 Å². The molecule has 0 saturated heterocycles. The third-order valence-corrected chi connectivity index (χ3v) is 5.86. The van der Waals surface area contributed by atoms with Gasteiger partial charge in [-0.3, -0.25) is 4.79 Å². The fourth-order valence-electron chi connectivity index (χ4n) is 2.73. The van der Waals surface area contributed by atoms with Gasteiger partial charge in [-0.2, -0.15) is 26.3 Å². The number of benzene rings is 2. The second kappa shape index (κ2) is 11.7. The zero-order valence-electron chi connectivity index (χ0n) is 17.1. The van der Waals surface area contributed by atoms with Crippen molar-refractivity contribution in [3.63, 3.8) is 0 Å². The quantitative estimate of drug-likeness (QED) is 0.200. The third kappa shape index (κ3) is 8.79. The number of ketones is 1. The highest BCUT2D eigenvalue weighted by molar-refractivity contribution is 6.48. The molecule has 0 spiro atoms. The molecule has 0 aliphatic carbocycles. The van der Waals surface area contributed by atoms with Crippen LogP contribution in [0.5, 0.6) is 0 Å². The molecule has 0 saturated carbocycles. The fraction of sp³-hybridized carbons (Fsp3) is 0.238. The number of rotatable bonds is 7. The molecule has 190 valence electrons. The predicted molar refractivity (Wildman–Crippen MR) is 123 cm³/mol. The maximum absolute atomic E-state index is 13.6. The van der Waals surface area contributed by atoms with E-state index in [2.05, 4.69) is 0 Å². The largest absolute Gasteiger partial charge is 0.405 e. The van der Waals surface area contributed by atoms with E-state index in [1.165, 1.54) is 23.5 Å². The Hall–Kier alpha value is -2.14. The second-order valence-corrected chi connectivity index (χ2v) is 8.59. The lowest BCUT2D eigenvalue weighted by Gasteiger charge is -2.18. The van der Waals surface area contributed by atoms with Gasteiger partial charge in [0.25, 0.3) is 0 Å². The lowest BCUT2D eigenvalue weighted by Crippen LogP contribution is -2.42. The van der Waals surface area contributed by atoms with Gasteiger partial charge in [0.15, 0.2) is 5.78 Å². The molecule has 0 heterocycles. The SMILES string of the molecule is O=C(NCC(=O)c1ccc(/C=C/C(c2cc(Cl)c(Cl)c(Cl)c2)C(F)(F)F)cc1Cl)NCC(F)(F)F. The van der Waals surface area contributed by atoms with E-state index in [4.69, 9.17) is 46.4 Å². The second-order valence-electron chi connectivity index (χ2n) is 6.99. The smallest absolute Gasteiger partial charge is 0.331 e. The molecule has 35 heavy (non-hydrogen) atoms. The summed E-state index contributed by atoms with van der Waals surface area (Å²) in [6, 6.07) is 4.60. The Kier molecular flexibility index (Phi) is 9.75. The summed E-state index contributed by atoms with van der Waals surface area (Å²) in [5.41, 5.74) is -0.132. The molecule has 2 aromatic rings. The minimum atomic E-state index is -4.70. The van der Waals surface area contributed by atoms with Gasteiger partial charge in [-0.05, 0) is 35.4 Å². The van der Waals surface area contributed by atoms with Gasteiger partial charge in [-0.25, -0.2) is 4.79 Å². The Morgan fingerprint density at radius 3 is 2.00 bits per heavy atom. The van der Waals surface area contributed by atoms with Crippen LogP contribution in [-0.4, -0.2) is 37.3 Å². The molecule has 0 fully saturated rings. The molecule has 2 N–H and O–H groups in total. The van der Waals surface area contributed by atoms with Crippen LogP contribution in [0.1, 0.15) is 27.4 Å². The van der Waals surface area contributed by atoms with Crippen molar-refractivity contribution < 1.29 is 35.9 Å². The Morgan fingerprint density at radius 2 is 1.49 bits per heavy atom. The molecular formula is C21H14Cl4F6N2O2. The Labute approximate surface area is 215 Å². The van der Waals surface area contributed by atoms with Crippen molar-refractivity contribution in [3.05, 3.63) is 73.2 Å². The average Bonchev–Trinajstić information content (AvgIpc) is 2.73. The monoisotopic (exact) mass is 580 g/mol. The van der Waals surface area contributed by atoms with Crippen molar-refractivity contribution >= 4 is 64.3 Å². The fourth-order valence-corrected chi connectivity index (χ4v) is 3.64. The highest BCUT2D eigenvalue weighted by Gasteiger charge is 2.39. The summed E-state index contributed by atoms with van der Waals surface area (Å²) in [7, 11) is 0. The summed E-state index contributed by atoms with van der Waals surface area (Å²) in [5.74, 6) is -2.82. The summed E-state index contributed by atoms with van der Waals surface area (Å²) in [4.78, 5) is 23.5. The van der Waals surface area contributed by atoms with Gasteiger partial charge in [0, 0.05) is 5.56 Å². The van der Waals surface area contributed by atoms with Crippen LogP contribution in [0.15, 0.2) is 36.4 Å². The first-order chi connectivity index (χ1) is 16.1. The zero-order chi connectivity index (χ0) is 26.6. The third-order valence-electron chi connectivity index (χ3n) is 4.35. The van der Waals surface area contributed by atoms with Crippen molar-refractivity contribution in [2.45, 2.75) is 18.3 Å². The number of allylic oxidation sites excluding steroid dienone is 1. The first kappa shape index (κ1) is 29.1. The van der Waals surface area contributed by atoms with E-state index in [0.717, 1.165) is 24.3 Å². The molecule has 2 aromatic carbocycles. The number of urea groups is 1. The Morgan fingerprint density at radius 1 is 0.886 bits per heavy atom. The number of halogens is 10. The van der Waals surface area contributed by atoms with Crippen molar-refractivity contribution in [1.82, 2.24) is 10.6 Å². The molecule has 1 unspecified atom stereocenters. The van der Waals surface area contributed by atoms with E-state index in [0.29, 0.717) is 0 Å². The van der Waals surface area contributed by atoms with Crippen LogP contribution in [-0.2, 0) is 0 Å². The van der Waals surface area contributed by atoms with Gasteiger partial charge < -0.3 is 10.6 Å². The van der Waals surface area contributed by atoms with Crippen LogP contribution < -0.4 is 10.6 Å². The molecule has 2 amide bonds. The standard InChI is InChI=1S/C21H14Cl4F6N2O2/c22-14-5-10(1-3-12(14)17(34)8-32-19(35)33-9-20(26,27)28)2-4-13(21(29,30)31)11-6-15(23)18(25)16(24)7-11/h1-7,13H,8-9H2,(H2,32,33,35)/b4-2+. The van der Waals surface area contributed by atoms with Gasteiger partial charge >= 0.3 is 18.4 Å². The number of nitrogens with one attached hydrogen (secondary N) is 2. The van der Waals surface area contributed by atoms with Crippen LogP contribution in [0.25, 0.3) is 6.08 Å². The van der Waals surface area contributed by atoms with Gasteiger partial charge in [-0.15, -0.1) is 0 Å². The molecule has 2 rings (SSSR count). The number of carbonyl (C=O) groups is 2. The van der Waals surface area contributed by atoms with Crippen LogP contribution in [0.4, 0.5) is 31.1 Å². The van der Waals surface area contributed by atoms with E-state index < -0.39 is 43.2 Å². The summed E-state index contributed by atoms with van der Waals surface area (Å²) < 4.78 is 77.2. The molecular weight excluding hydrogens is 568 g/mol. The summed E-state index contributed by atoms with van der Waals surface area (Å²) in [5, 5.41) is 2.96. The van der Waals surface area contributed by atoms with E-state index in [1.807, 2.05) is 5.32 Å². The van der Waals surface area contributed by atoms with Crippen LogP contribution in [0, 0.1) is 0 Å². The maximum Gasteiger partial charge on any atom is 0.405 e. The van der Waals surface area contributed by atoms with E-state index in [9.17, 15) is 35.9 Å². The topological polar surface area (TPSA) is 58.2 Å². The highest BCUT2D eigenvalue weighted by atomic mass is 35.5. The normalized spacial score (nSPS) is 13.1. The van der Waals surface area contributed by atoms with Gasteiger partial charge in [0.2, 0.25) is 0 Å². The molecule has 0 radical (unpaired) electrons. The van der Waals surface area contributed by atoms with Gasteiger partial charge in [0.1, 0.15) is 6.54 Å². The molecule has 4 nitrogen and oxygen atoms in total. The van der Waals surface area contributed by atoms with Crippen LogP contribution >= 0.6 is 46.4 Å². The first-order valence-electron chi connectivity index (χ1n) is 9.39.